The largest absolute Gasteiger partial charge is 0.497 e. The fourth-order valence-corrected chi connectivity index (χ4v) is 2.32. The Labute approximate surface area is 112 Å². The van der Waals surface area contributed by atoms with Crippen LogP contribution in [0.5, 0.6) is 5.75 Å². The Morgan fingerprint density at radius 3 is 2.47 bits per heavy atom. The molecule has 2 aliphatic heterocycles. The molecule has 0 aromatic heterocycles. The van der Waals surface area contributed by atoms with Gasteiger partial charge >= 0.3 is 0 Å². The Morgan fingerprint density at radius 1 is 1.05 bits per heavy atom. The molecule has 0 radical (unpaired) electrons. The van der Waals surface area contributed by atoms with Gasteiger partial charge in [-0.3, -0.25) is 0 Å². The highest BCUT2D eigenvalue weighted by Crippen LogP contribution is 2.39. The predicted octanol–water partition coefficient (Wildman–Crippen LogP) is 1.35. The lowest BCUT2D eigenvalue weighted by atomic mass is 10.2. The fraction of sp³-hybridized carbons (Fsp3) is 0.571. The van der Waals surface area contributed by atoms with Gasteiger partial charge in [-0.25, -0.2) is 0 Å². The topological polar surface area (TPSA) is 49.5 Å². The van der Waals surface area contributed by atoms with Crippen molar-refractivity contribution >= 4 is 0 Å². The van der Waals surface area contributed by atoms with Crippen LogP contribution in [0.25, 0.3) is 0 Å². The molecule has 3 rings (SSSR count). The van der Waals surface area contributed by atoms with Crippen molar-refractivity contribution in [2.45, 2.75) is 31.2 Å². The molecule has 0 aliphatic carbocycles. The van der Waals surface area contributed by atoms with E-state index in [9.17, 15) is 0 Å². The first kappa shape index (κ1) is 12.9. The van der Waals surface area contributed by atoms with Gasteiger partial charge in [0.05, 0.1) is 20.3 Å². The van der Waals surface area contributed by atoms with Crippen LogP contribution in [0.2, 0.25) is 0 Å². The minimum atomic E-state index is -0.236. The lowest BCUT2D eigenvalue weighted by molar-refractivity contribution is -0.171. The molecule has 104 valence electrons. The Hall–Kier alpha value is -1.14. The normalized spacial score (nSPS) is 32.1. The first-order valence-corrected chi connectivity index (χ1v) is 6.36. The number of hydrogen-bond acceptors (Lipinski definition) is 5. The minimum Gasteiger partial charge on any atom is -0.497 e. The number of epoxide rings is 1. The van der Waals surface area contributed by atoms with E-state index in [1.807, 2.05) is 24.3 Å². The standard InChI is InChI=1S/C14H18O5/c1-15-10-5-3-9(4-6-10)7-17-8-11-12-13(19-12)14(16-2)18-11/h3-6,11-14H,7-8H2,1-2H3/t11-,12+,13+,14+/m1/s1. The lowest BCUT2D eigenvalue weighted by Gasteiger charge is -2.16. The van der Waals surface area contributed by atoms with Crippen molar-refractivity contribution in [1.82, 2.24) is 0 Å². The minimum absolute atomic E-state index is 0.0202. The molecule has 0 amide bonds. The van der Waals surface area contributed by atoms with Crippen molar-refractivity contribution in [3.05, 3.63) is 29.8 Å². The van der Waals surface area contributed by atoms with E-state index in [0.29, 0.717) is 13.2 Å². The second-order valence-electron chi connectivity index (χ2n) is 4.71. The highest BCUT2D eigenvalue weighted by molar-refractivity contribution is 5.26. The van der Waals surface area contributed by atoms with E-state index in [-0.39, 0.29) is 24.6 Å². The van der Waals surface area contributed by atoms with E-state index >= 15 is 0 Å². The smallest absolute Gasteiger partial charge is 0.186 e. The molecule has 0 unspecified atom stereocenters. The van der Waals surface area contributed by atoms with E-state index in [1.165, 1.54) is 0 Å². The van der Waals surface area contributed by atoms with Gasteiger partial charge in [-0.15, -0.1) is 0 Å². The van der Waals surface area contributed by atoms with Crippen molar-refractivity contribution in [1.29, 1.82) is 0 Å². The number of ether oxygens (including phenoxy) is 5. The van der Waals surface area contributed by atoms with Crippen LogP contribution in [0.15, 0.2) is 24.3 Å². The molecule has 5 nitrogen and oxygen atoms in total. The molecule has 0 bridgehead atoms. The SMILES string of the molecule is COc1ccc(COC[C@H]2O[C@H](OC)[C@H]3O[C@H]32)cc1. The van der Waals surface area contributed by atoms with E-state index in [4.69, 9.17) is 23.7 Å². The van der Waals surface area contributed by atoms with Crippen LogP contribution >= 0.6 is 0 Å². The monoisotopic (exact) mass is 266 g/mol. The average Bonchev–Trinajstić information content (AvgIpc) is 3.17. The Kier molecular flexibility index (Phi) is 3.70. The first-order chi connectivity index (χ1) is 9.31. The van der Waals surface area contributed by atoms with Crippen LogP contribution in [0.3, 0.4) is 0 Å². The van der Waals surface area contributed by atoms with Crippen LogP contribution in [0.1, 0.15) is 5.56 Å². The summed E-state index contributed by atoms with van der Waals surface area (Å²) >= 11 is 0. The quantitative estimate of drug-likeness (QED) is 0.727. The third kappa shape index (κ3) is 2.74. The summed E-state index contributed by atoms with van der Waals surface area (Å²) in [6.45, 7) is 1.08. The van der Waals surface area contributed by atoms with E-state index in [2.05, 4.69) is 0 Å². The van der Waals surface area contributed by atoms with Gasteiger partial charge in [0.1, 0.15) is 24.1 Å². The number of hydrogen-bond donors (Lipinski definition) is 0. The molecule has 5 heteroatoms. The van der Waals surface area contributed by atoms with Gasteiger partial charge in [0.25, 0.3) is 0 Å². The Balaban J connectivity index is 1.43. The van der Waals surface area contributed by atoms with Crippen LogP contribution in [-0.4, -0.2) is 45.4 Å². The average molecular weight is 266 g/mol. The maximum atomic E-state index is 5.67. The fourth-order valence-electron chi connectivity index (χ4n) is 2.32. The second kappa shape index (κ2) is 5.46. The van der Waals surface area contributed by atoms with Gasteiger partial charge in [0.2, 0.25) is 0 Å². The summed E-state index contributed by atoms with van der Waals surface area (Å²) in [5, 5.41) is 0. The zero-order valence-corrected chi connectivity index (χ0v) is 11.1. The van der Waals surface area contributed by atoms with E-state index < -0.39 is 0 Å². The molecule has 1 aromatic rings. The molecule has 0 saturated carbocycles. The van der Waals surface area contributed by atoms with E-state index in [1.54, 1.807) is 14.2 Å². The summed E-state index contributed by atoms with van der Waals surface area (Å²) in [5.41, 5.74) is 1.11. The number of benzene rings is 1. The summed E-state index contributed by atoms with van der Waals surface area (Å²) in [5.74, 6) is 0.847. The molecule has 19 heavy (non-hydrogen) atoms. The summed E-state index contributed by atoms with van der Waals surface area (Å²) < 4.78 is 27.1. The molecule has 2 fully saturated rings. The molecular formula is C14H18O5. The molecule has 1 aromatic carbocycles. The van der Waals surface area contributed by atoms with Gasteiger partial charge in [0, 0.05) is 7.11 Å². The maximum absolute atomic E-state index is 5.67. The first-order valence-electron chi connectivity index (χ1n) is 6.36. The highest BCUT2D eigenvalue weighted by Gasteiger charge is 2.58. The van der Waals surface area contributed by atoms with Gasteiger partial charge in [-0.05, 0) is 17.7 Å². The van der Waals surface area contributed by atoms with Gasteiger partial charge in [-0.1, -0.05) is 12.1 Å². The third-order valence-electron chi connectivity index (χ3n) is 3.45. The summed E-state index contributed by atoms with van der Waals surface area (Å²) in [7, 11) is 3.28. The number of rotatable bonds is 6. The Bertz CT molecular complexity index is 418. The van der Waals surface area contributed by atoms with Crippen LogP contribution in [0.4, 0.5) is 0 Å². The van der Waals surface area contributed by atoms with Gasteiger partial charge < -0.3 is 23.7 Å². The summed E-state index contributed by atoms with van der Waals surface area (Å²) in [6, 6.07) is 7.82. The molecule has 0 spiro atoms. The predicted molar refractivity (Wildman–Crippen MR) is 67.0 cm³/mol. The Morgan fingerprint density at radius 2 is 1.84 bits per heavy atom. The van der Waals surface area contributed by atoms with E-state index in [0.717, 1.165) is 11.3 Å². The van der Waals surface area contributed by atoms with Crippen molar-refractivity contribution in [2.24, 2.45) is 0 Å². The van der Waals surface area contributed by atoms with Gasteiger partial charge in [-0.2, -0.15) is 0 Å². The van der Waals surface area contributed by atoms with Crippen molar-refractivity contribution in [3.63, 3.8) is 0 Å². The number of methoxy groups -OCH3 is 2. The van der Waals surface area contributed by atoms with Crippen LogP contribution < -0.4 is 4.74 Å². The zero-order chi connectivity index (χ0) is 13.2. The van der Waals surface area contributed by atoms with Crippen molar-refractivity contribution in [2.75, 3.05) is 20.8 Å². The second-order valence-corrected chi connectivity index (χ2v) is 4.71. The van der Waals surface area contributed by atoms with Gasteiger partial charge in [0.15, 0.2) is 6.29 Å². The molecule has 2 saturated heterocycles. The molecule has 2 heterocycles. The maximum Gasteiger partial charge on any atom is 0.186 e. The molecule has 4 atom stereocenters. The zero-order valence-electron chi connectivity index (χ0n) is 11.1. The number of fused-ring (bicyclic) bond motifs is 1. The summed E-state index contributed by atoms with van der Waals surface area (Å²) in [4.78, 5) is 0. The van der Waals surface area contributed by atoms with Crippen LogP contribution in [0, 0.1) is 0 Å². The molecule has 0 N–H and O–H groups in total. The molecular weight excluding hydrogens is 248 g/mol. The lowest BCUT2D eigenvalue weighted by Crippen LogP contribution is -2.25. The van der Waals surface area contributed by atoms with Crippen molar-refractivity contribution < 1.29 is 23.7 Å². The molecule has 2 aliphatic rings. The third-order valence-corrected chi connectivity index (χ3v) is 3.45. The van der Waals surface area contributed by atoms with Crippen LogP contribution in [-0.2, 0) is 25.6 Å². The summed E-state index contributed by atoms with van der Waals surface area (Å²) in [6.07, 6.45) is -0.0202. The highest BCUT2D eigenvalue weighted by atomic mass is 16.8. The van der Waals surface area contributed by atoms with Crippen molar-refractivity contribution in [3.8, 4) is 5.75 Å².